The van der Waals surface area contributed by atoms with Crippen molar-refractivity contribution in [3.05, 3.63) is 88.5 Å². The summed E-state index contributed by atoms with van der Waals surface area (Å²) in [4.78, 5) is 31.2. The molecule has 0 unspecified atom stereocenters. The minimum atomic E-state index is -0.118. The number of hydrogen-bond acceptors (Lipinski definition) is 6. The lowest BCUT2D eigenvalue weighted by molar-refractivity contribution is -0.118. The third-order valence-corrected chi connectivity index (χ3v) is 7.13. The van der Waals surface area contributed by atoms with Crippen LogP contribution in [0.15, 0.2) is 82.6 Å². The molecular formula is C26H25N3O3S2. The van der Waals surface area contributed by atoms with E-state index in [2.05, 4.69) is 11.9 Å². The van der Waals surface area contributed by atoms with Gasteiger partial charge in [-0.2, -0.15) is 0 Å². The number of ether oxygens (including phenoxy) is 1. The van der Waals surface area contributed by atoms with E-state index in [1.54, 1.807) is 17.8 Å². The van der Waals surface area contributed by atoms with Crippen molar-refractivity contribution in [3.63, 3.8) is 0 Å². The van der Waals surface area contributed by atoms with Gasteiger partial charge in [0.1, 0.15) is 10.6 Å². The van der Waals surface area contributed by atoms with E-state index >= 15 is 0 Å². The summed E-state index contributed by atoms with van der Waals surface area (Å²) in [7, 11) is 1.63. The van der Waals surface area contributed by atoms with Crippen LogP contribution in [0.3, 0.4) is 0 Å². The highest BCUT2D eigenvalue weighted by atomic mass is 32.2. The van der Waals surface area contributed by atoms with E-state index in [4.69, 9.17) is 9.72 Å². The standard InChI is InChI=1S/C26H25N3O3S2/c1-3-15-29-25(31)23-21(19-7-5-4-6-8-19)16-33-24(23)28-26(29)34-17-22(30)27-14-13-18-9-11-20(32-2)12-10-18/h3-12,16H,1,13-15,17H2,2H3,(H,27,30). The summed E-state index contributed by atoms with van der Waals surface area (Å²) in [5.74, 6) is 0.879. The highest BCUT2D eigenvalue weighted by molar-refractivity contribution is 7.99. The molecule has 174 valence electrons. The van der Waals surface area contributed by atoms with E-state index < -0.39 is 0 Å². The maximum Gasteiger partial charge on any atom is 0.263 e. The van der Waals surface area contributed by atoms with Crippen LogP contribution in [0.2, 0.25) is 0 Å². The molecule has 0 radical (unpaired) electrons. The summed E-state index contributed by atoms with van der Waals surface area (Å²) >= 11 is 2.70. The number of allylic oxidation sites excluding steroid dienone is 1. The van der Waals surface area contributed by atoms with Crippen LogP contribution < -0.4 is 15.6 Å². The molecule has 0 saturated heterocycles. The molecule has 2 aromatic heterocycles. The molecule has 34 heavy (non-hydrogen) atoms. The van der Waals surface area contributed by atoms with E-state index in [1.807, 2.05) is 60.0 Å². The van der Waals surface area contributed by atoms with Crippen molar-refractivity contribution in [1.82, 2.24) is 14.9 Å². The molecule has 0 spiro atoms. The molecule has 1 amide bonds. The molecule has 2 aromatic carbocycles. The van der Waals surface area contributed by atoms with E-state index in [0.717, 1.165) is 28.9 Å². The highest BCUT2D eigenvalue weighted by Gasteiger charge is 2.17. The lowest BCUT2D eigenvalue weighted by atomic mass is 10.1. The number of rotatable bonds is 10. The molecule has 4 aromatic rings. The normalized spacial score (nSPS) is 10.9. The Labute approximate surface area is 206 Å². The molecule has 2 heterocycles. The second-order valence-corrected chi connectivity index (χ2v) is 9.33. The first-order valence-corrected chi connectivity index (χ1v) is 12.7. The first-order valence-electron chi connectivity index (χ1n) is 10.8. The Balaban J connectivity index is 1.45. The fourth-order valence-corrected chi connectivity index (χ4v) is 5.38. The molecule has 6 nitrogen and oxygen atoms in total. The Bertz CT molecular complexity index is 1350. The van der Waals surface area contributed by atoms with Crippen molar-refractivity contribution >= 4 is 39.2 Å². The first-order chi connectivity index (χ1) is 16.6. The van der Waals surface area contributed by atoms with Gasteiger partial charge in [-0.1, -0.05) is 60.3 Å². The van der Waals surface area contributed by atoms with Gasteiger partial charge in [-0.25, -0.2) is 4.98 Å². The molecule has 0 bridgehead atoms. The molecular weight excluding hydrogens is 466 g/mol. The molecule has 0 fully saturated rings. The Hall–Kier alpha value is -3.36. The third kappa shape index (κ3) is 5.40. The lowest BCUT2D eigenvalue weighted by Crippen LogP contribution is -2.28. The Kier molecular flexibility index (Phi) is 7.82. The zero-order chi connectivity index (χ0) is 23.9. The minimum absolute atomic E-state index is 0.103. The van der Waals surface area contributed by atoms with Gasteiger partial charge >= 0.3 is 0 Å². The van der Waals surface area contributed by atoms with Gasteiger partial charge in [-0.15, -0.1) is 17.9 Å². The zero-order valence-electron chi connectivity index (χ0n) is 18.8. The van der Waals surface area contributed by atoms with Crippen molar-refractivity contribution in [1.29, 1.82) is 0 Å². The summed E-state index contributed by atoms with van der Waals surface area (Å²) in [5, 5.41) is 6.02. The molecule has 0 aliphatic rings. The maximum absolute atomic E-state index is 13.4. The van der Waals surface area contributed by atoms with Crippen LogP contribution >= 0.6 is 23.1 Å². The topological polar surface area (TPSA) is 73.2 Å². The second kappa shape index (κ2) is 11.2. The molecule has 8 heteroatoms. The van der Waals surface area contributed by atoms with Crippen molar-refractivity contribution in [3.8, 4) is 16.9 Å². The van der Waals surface area contributed by atoms with Crippen LogP contribution in [0.5, 0.6) is 5.75 Å². The fourth-order valence-electron chi connectivity index (χ4n) is 3.56. The van der Waals surface area contributed by atoms with Crippen LogP contribution in [-0.2, 0) is 17.8 Å². The minimum Gasteiger partial charge on any atom is -0.497 e. The first kappa shape index (κ1) is 23.8. The van der Waals surface area contributed by atoms with Gasteiger partial charge < -0.3 is 10.1 Å². The van der Waals surface area contributed by atoms with Crippen molar-refractivity contribution < 1.29 is 9.53 Å². The van der Waals surface area contributed by atoms with Gasteiger partial charge in [-0.3, -0.25) is 14.2 Å². The number of fused-ring (bicyclic) bond motifs is 1. The number of thiophene rings is 1. The lowest BCUT2D eigenvalue weighted by Gasteiger charge is -2.11. The SMILES string of the molecule is C=CCn1c(SCC(=O)NCCc2ccc(OC)cc2)nc2scc(-c3ccccc3)c2c1=O. The van der Waals surface area contributed by atoms with Crippen molar-refractivity contribution in [2.75, 3.05) is 19.4 Å². The highest BCUT2D eigenvalue weighted by Crippen LogP contribution is 2.32. The Morgan fingerprint density at radius 2 is 1.97 bits per heavy atom. The number of nitrogens with zero attached hydrogens (tertiary/aromatic N) is 2. The van der Waals surface area contributed by atoms with Gasteiger partial charge in [0.25, 0.3) is 5.56 Å². The Morgan fingerprint density at radius 1 is 1.21 bits per heavy atom. The number of thioether (sulfide) groups is 1. The number of nitrogens with one attached hydrogen (secondary N) is 1. The predicted octanol–water partition coefficient (Wildman–Crippen LogP) is 4.77. The summed E-state index contributed by atoms with van der Waals surface area (Å²) in [6.07, 6.45) is 2.39. The number of hydrogen-bond donors (Lipinski definition) is 1. The van der Waals surface area contributed by atoms with Crippen LogP contribution in [0.1, 0.15) is 5.56 Å². The number of aromatic nitrogens is 2. The monoisotopic (exact) mass is 491 g/mol. The molecule has 0 saturated carbocycles. The molecule has 0 aliphatic heterocycles. The summed E-state index contributed by atoms with van der Waals surface area (Å²) in [6.45, 7) is 4.64. The van der Waals surface area contributed by atoms with E-state index in [0.29, 0.717) is 28.5 Å². The Morgan fingerprint density at radius 3 is 2.68 bits per heavy atom. The van der Waals surface area contributed by atoms with E-state index in [9.17, 15) is 9.59 Å². The van der Waals surface area contributed by atoms with E-state index in [1.165, 1.54) is 23.1 Å². The van der Waals surface area contributed by atoms with Crippen molar-refractivity contribution in [2.45, 2.75) is 18.1 Å². The van der Waals surface area contributed by atoms with Crippen LogP contribution in [0, 0.1) is 0 Å². The average molecular weight is 492 g/mol. The largest absolute Gasteiger partial charge is 0.497 e. The third-order valence-electron chi connectivity index (χ3n) is 5.28. The van der Waals surface area contributed by atoms with Crippen LogP contribution in [0.4, 0.5) is 0 Å². The predicted molar refractivity (Wildman–Crippen MR) is 140 cm³/mol. The number of carbonyl (C=O) groups is 1. The van der Waals surface area contributed by atoms with Gasteiger partial charge in [0.2, 0.25) is 5.91 Å². The van der Waals surface area contributed by atoms with E-state index in [-0.39, 0.29) is 17.2 Å². The molecule has 0 aliphatic carbocycles. The number of methoxy groups -OCH3 is 1. The van der Waals surface area contributed by atoms with Gasteiger partial charge in [0, 0.05) is 24.0 Å². The smallest absolute Gasteiger partial charge is 0.263 e. The number of amides is 1. The van der Waals surface area contributed by atoms with Crippen LogP contribution in [0.25, 0.3) is 21.3 Å². The zero-order valence-corrected chi connectivity index (χ0v) is 20.5. The molecule has 0 atom stereocenters. The summed E-state index contributed by atoms with van der Waals surface area (Å²) in [5.41, 5.74) is 2.86. The number of benzene rings is 2. The number of carbonyl (C=O) groups excluding carboxylic acids is 1. The van der Waals surface area contributed by atoms with Gasteiger partial charge in [0.05, 0.1) is 18.2 Å². The van der Waals surface area contributed by atoms with Gasteiger partial charge in [0.15, 0.2) is 5.16 Å². The van der Waals surface area contributed by atoms with Gasteiger partial charge in [-0.05, 0) is 29.7 Å². The maximum atomic E-state index is 13.4. The average Bonchev–Trinajstić information content (AvgIpc) is 3.30. The summed E-state index contributed by atoms with van der Waals surface area (Å²) < 4.78 is 6.75. The molecule has 1 N–H and O–H groups in total. The fraction of sp³-hybridized carbons (Fsp3) is 0.192. The second-order valence-electron chi connectivity index (χ2n) is 7.53. The molecule has 4 rings (SSSR count). The summed E-state index contributed by atoms with van der Waals surface area (Å²) in [6, 6.07) is 17.6. The quantitative estimate of drug-likeness (QED) is 0.197. The van der Waals surface area contributed by atoms with Crippen molar-refractivity contribution in [2.24, 2.45) is 0 Å². The van der Waals surface area contributed by atoms with Crippen LogP contribution in [-0.4, -0.2) is 34.9 Å².